The Morgan fingerprint density at radius 2 is 1.33 bits per heavy atom. The van der Waals surface area contributed by atoms with Gasteiger partial charge in [-0.3, -0.25) is 0 Å². The molecular weight excluding hydrogens is 239 g/mol. The van der Waals surface area contributed by atoms with E-state index in [1.54, 1.807) is 0 Å². The summed E-state index contributed by atoms with van der Waals surface area (Å²) in [5.41, 5.74) is 4.02. The minimum Gasteiger partial charge on any atom is -0.309 e. The summed E-state index contributed by atoms with van der Waals surface area (Å²) in [6.07, 6.45) is 0. The summed E-state index contributed by atoms with van der Waals surface area (Å²) in [7, 11) is -2.61. The maximum absolute atomic E-state index is 13.3. The first-order valence-electron chi connectivity index (χ1n) is 6.26. The molecule has 0 fully saturated rings. The monoisotopic (exact) mass is 262 g/mol. The van der Waals surface area contributed by atoms with Crippen molar-refractivity contribution >= 4 is 7.14 Å². The van der Waals surface area contributed by atoms with Crippen molar-refractivity contribution in [3.63, 3.8) is 0 Å². The Balaban J connectivity index is 3.27. The highest BCUT2D eigenvalue weighted by atomic mass is 31.2. The van der Waals surface area contributed by atoms with E-state index in [2.05, 4.69) is 11.6 Å². The van der Waals surface area contributed by atoms with Crippen molar-refractivity contribution < 1.29 is 4.57 Å². The van der Waals surface area contributed by atoms with E-state index in [1.807, 2.05) is 71.9 Å². The van der Waals surface area contributed by atoms with E-state index in [9.17, 15) is 4.57 Å². The van der Waals surface area contributed by atoms with Crippen LogP contribution in [0.3, 0.4) is 0 Å². The Hall–Kier alpha value is -0.990. The largest absolute Gasteiger partial charge is 0.309 e. The summed E-state index contributed by atoms with van der Waals surface area (Å²) in [5, 5.41) is -0.597. The minimum absolute atomic E-state index is 0.299. The molecule has 0 unspecified atom stereocenters. The van der Waals surface area contributed by atoms with E-state index in [0.717, 1.165) is 5.56 Å². The van der Waals surface area contributed by atoms with E-state index in [-0.39, 0.29) is 10.3 Å². The van der Waals surface area contributed by atoms with Gasteiger partial charge >= 0.3 is 0 Å². The van der Waals surface area contributed by atoms with E-state index < -0.39 is 7.14 Å². The van der Waals surface area contributed by atoms with Gasteiger partial charge in [-0.2, -0.15) is 0 Å². The third-order valence-electron chi connectivity index (χ3n) is 3.02. The van der Waals surface area contributed by atoms with Crippen LogP contribution >= 0.6 is 7.14 Å². The van der Waals surface area contributed by atoms with Crippen LogP contribution in [0, 0.1) is 11.6 Å². The fraction of sp³-hybridized carbons (Fsp3) is 0.500. The third-order valence-corrected chi connectivity index (χ3v) is 7.23. The Morgan fingerprint density at radius 1 is 0.889 bits per heavy atom. The van der Waals surface area contributed by atoms with Gasteiger partial charge in [0.05, 0.1) is 0 Å². The standard InChI is InChI=1S/C16H23OP/c1-15(2,3)18(17,16(4,5)6)13-12-14-10-8-7-9-11-14/h7-11H,1-6H3. The van der Waals surface area contributed by atoms with Crippen molar-refractivity contribution in [3.05, 3.63) is 35.9 Å². The van der Waals surface area contributed by atoms with Crippen LogP contribution in [-0.4, -0.2) is 10.3 Å². The second kappa shape index (κ2) is 4.94. The molecule has 0 radical (unpaired) electrons. The predicted octanol–water partition coefficient (Wildman–Crippen LogP) is 4.96. The van der Waals surface area contributed by atoms with Gasteiger partial charge in [-0.25, -0.2) is 0 Å². The molecule has 1 aromatic carbocycles. The quantitative estimate of drug-likeness (QED) is 0.477. The molecule has 2 heteroatoms. The van der Waals surface area contributed by atoms with Gasteiger partial charge in [0.2, 0.25) is 0 Å². The van der Waals surface area contributed by atoms with E-state index >= 15 is 0 Å². The molecule has 18 heavy (non-hydrogen) atoms. The highest BCUT2D eigenvalue weighted by Crippen LogP contribution is 2.66. The molecule has 0 N–H and O–H groups in total. The van der Waals surface area contributed by atoms with Crippen LogP contribution in [0.1, 0.15) is 47.1 Å². The van der Waals surface area contributed by atoms with Crippen LogP contribution in [0.5, 0.6) is 0 Å². The maximum Gasteiger partial charge on any atom is 0.165 e. The summed E-state index contributed by atoms with van der Waals surface area (Å²) in [6, 6.07) is 9.75. The molecule has 0 aromatic heterocycles. The lowest BCUT2D eigenvalue weighted by Gasteiger charge is -2.37. The zero-order chi connectivity index (χ0) is 14.0. The van der Waals surface area contributed by atoms with E-state index in [1.165, 1.54) is 0 Å². The Kier molecular flexibility index (Phi) is 4.14. The summed E-state index contributed by atoms with van der Waals surface area (Å²) in [6.45, 7) is 12.1. The molecule has 0 amide bonds. The van der Waals surface area contributed by atoms with Crippen molar-refractivity contribution in [2.75, 3.05) is 0 Å². The molecule has 0 aliphatic rings. The molecule has 98 valence electrons. The average molecular weight is 262 g/mol. The molecule has 1 rings (SSSR count). The number of hydrogen-bond donors (Lipinski definition) is 0. The first kappa shape index (κ1) is 15.1. The number of rotatable bonds is 0. The molecule has 0 saturated heterocycles. The van der Waals surface area contributed by atoms with E-state index in [0.29, 0.717) is 0 Å². The Labute approximate surface area is 111 Å². The fourth-order valence-corrected chi connectivity index (χ4v) is 4.98. The molecule has 0 aliphatic carbocycles. The summed E-state index contributed by atoms with van der Waals surface area (Å²) >= 11 is 0. The zero-order valence-corrected chi connectivity index (χ0v) is 13.1. The fourth-order valence-electron chi connectivity index (χ4n) is 2.01. The summed E-state index contributed by atoms with van der Waals surface area (Å²) in [4.78, 5) is 0. The predicted molar refractivity (Wildman–Crippen MR) is 80.4 cm³/mol. The van der Waals surface area contributed by atoms with Crippen LogP contribution < -0.4 is 0 Å². The second-order valence-corrected chi connectivity index (χ2v) is 10.7. The van der Waals surface area contributed by atoms with Gasteiger partial charge in [-0.05, 0) is 17.8 Å². The SMILES string of the molecule is CC(C)(C)P(=O)(C#Cc1ccccc1)C(C)(C)C. The van der Waals surface area contributed by atoms with Crippen LogP contribution in [0.25, 0.3) is 0 Å². The minimum atomic E-state index is -2.61. The van der Waals surface area contributed by atoms with Crippen LogP contribution in [0.15, 0.2) is 30.3 Å². The second-order valence-electron chi connectivity index (χ2n) is 6.55. The van der Waals surface area contributed by atoms with Gasteiger partial charge in [0.1, 0.15) is 0 Å². The smallest absolute Gasteiger partial charge is 0.165 e. The maximum atomic E-state index is 13.3. The highest BCUT2D eigenvalue weighted by Gasteiger charge is 2.44. The lowest BCUT2D eigenvalue weighted by atomic mass is 10.2. The van der Waals surface area contributed by atoms with Crippen molar-refractivity contribution in [1.82, 2.24) is 0 Å². The Morgan fingerprint density at radius 3 is 1.72 bits per heavy atom. The molecular formula is C16H23OP. The number of benzene rings is 1. The third kappa shape index (κ3) is 3.06. The lowest BCUT2D eigenvalue weighted by Crippen LogP contribution is -2.27. The van der Waals surface area contributed by atoms with Crippen LogP contribution in [0.4, 0.5) is 0 Å². The first-order valence-corrected chi connectivity index (χ1v) is 7.97. The first-order chi connectivity index (χ1) is 8.08. The molecule has 0 atom stereocenters. The van der Waals surface area contributed by atoms with Gasteiger partial charge in [0.25, 0.3) is 0 Å². The van der Waals surface area contributed by atoms with Gasteiger partial charge in [0.15, 0.2) is 7.14 Å². The molecule has 0 heterocycles. The van der Waals surface area contributed by atoms with Gasteiger partial charge < -0.3 is 4.57 Å². The van der Waals surface area contributed by atoms with Crippen molar-refractivity contribution in [1.29, 1.82) is 0 Å². The molecule has 0 aliphatic heterocycles. The molecule has 0 bridgehead atoms. The topological polar surface area (TPSA) is 17.1 Å². The lowest BCUT2D eigenvalue weighted by molar-refractivity contribution is 0.528. The number of hydrogen-bond acceptors (Lipinski definition) is 1. The van der Waals surface area contributed by atoms with Gasteiger partial charge in [-0.1, -0.05) is 65.7 Å². The zero-order valence-electron chi connectivity index (χ0n) is 12.2. The normalized spacial score (nSPS) is 12.8. The summed E-state index contributed by atoms with van der Waals surface area (Å²) < 4.78 is 13.3. The van der Waals surface area contributed by atoms with E-state index in [4.69, 9.17) is 0 Å². The average Bonchev–Trinajstić information content (AvgIpc) is 2.24. The van der Waals surface area contributed by atoms with Gasteiger partial charge in [0, 0.05) is 15.9 Å². The molecule has 0 saturated carbocycles. The van der Waals surface area contributed by atoms with Gasteiger partial charge in [-0.15, -0.1) is 0 Å². The van der Waals surface area contributed by atoms with Crippen molar-refractivity contribution in [2.24, 2.45) is 0 Å². The highest BCUT2D eigenvalue weighted by molar-refractivity contribution is 7.71. The summed E-state index contributed by atoms with van der Waals surface area (Å²) in [5.74, 6) is 3.09. The van der Waals surface area contributed by atoms with Crippen LogP contribution in [-0.2, 0) is 4.57 Å². The van der Waals surface area contributed by atoms with Crippen molar-refractivity contribution in [3.8, 4) is 11.6 Å². The molecule has 1 aromatic rings. The molecule has 1 nitrogen and oxygen atoms in total. The van der Waals surface area contributed by atoms with Crippen molar-refractivity contribution in [2.45, 2.75) is 51.9 Å². The molecule has 0 spiro atoms. The Bertz CT molecular complexity index is 486. The van der Waals surface area contributed by atoms with Crippen LogP contribution in [0.2, 0.25) is 0 Å².